The lowest BCUT2D eigenvalue weighted by Crippen LogP contribution is -2.34. The summed E-state index contributed by atoms with van der Waals surface area (Å²) in [7, 11) is 0. The second kappa shape index (κ2) is 10.9. The average Bonchev–Trinajstić information content (AvgIpc) is 2.67. The van der Waals surface area contributed by atoms with Gasteiger partial charge in [-0.2, -0.15) is 0 Å². The molecule has 27 heavy (non-hydrogen) atoms. The van der Waals surface area contributed by atoms with E-state index >= 15 is 0 Å². The highest BCUT2D eigenvalue weighted by Crippen LogP contribution is 2.17. The third-order valence-electron chi connectivity index (χ3n) is 3.47. The summed E-state index contributed by atoms with van der Waals surface area (Å²) < 4.78 is 10.5. The van der Waals surface area contributed by atoms with Gasteiger partial charge >= 0.3 is 5.97 Å². The molecule has 0 aliphatic carbocycles. The van der Waals surface area contributed by atoms with Gasteiger partial charge in [-0.3, -0.25) is 9.59 Å². The molecule has 2 aromatic rings. The Morgan fingerprint density at radius 3 is 2.37 bits per heavy atom. The first-order valence-corrected chi connectivity index (χ1v) is 9.01. The van der Waals surface area contributed by atoms with Gasteiger partial charge in [0.25, 0.3) is 0 Å². The van der Waals surface area contributed by atoms with Crippen molar-refractivity contribution in [3.8, 4) is 5.75 Å². The van der Waals surface area contributed by atoms with E-state index in [2.05, 4.69) is 10.6 Å². The molecule has 0 spiro atoms. The molecule has 0 aliphatic rings. The van der Waals surface area contributed by atoms with Crippen molar-refractivity contribution >= 4 is 34.9 Å². The summed E-state index contributed by atoms with van der Waals surface area (Å²) in [5, 5.41) is 5.61. The monoisotopic (exact) mass is 386 g/mol. The maximum atomic E-state index is 11.8. The van der Waals surface area contributed by atoms with Gasteiger partial charge in [0, 0.05) is 12.1 Å². The van der Waals surface area contributed by atoms with Crippen molar-refractivity contribution in [2.24, 2.45) is 0 Å². The van der Waals surface area contributed by atoms with E-state index in [4.69, 9.17) is 21.7 Å². The van der Waals surface area contributed by atoms with E-state index in [0.717, 1.165) is 17.0 Å². The van der Waals surface area contributed by atoms with Crippen LogP contribution in [-0.2, 0) is 20.9 Å². The van der Waals surface area contributed by atoms with E-state index in [1.165, 1.54) is 0 Å². The van der Waals surface area contributed by atoms with Crippen LogP contribution >= 0.6 is 12.2 Å². The molecule has 0 saturated carbocycles. The smallest absolute Gasteiger partial charge is 0.306 e. The van der Waals surface area contributed by atoms with E-state index in [-0.39, 0.29) is 23.9 Å². The van der Waals surface area contributed by atoms with Crippen LogP contribution < -0.4 is 15.4 Å². The predicted octanol–water partition coefficient (Wildman–Crippen LogP) is 3.42. The number of amides is 1. The first-order chi connectivity index (χ1) is 13.1. The molecule has 0 heterocycles. The highest BCUT2D eigenvalue weighted by molar-refractivity contribution is 7.80. The maximum absolute atomic E-state index is 11.8. The van der Waals surface area contributed by atoms with Gasteiger partial charge in [-0.15, -0.1) is 0 Å². The largest absolute Gasteiger partial charge is 0.489 e. The molecular weight excluding hydrogens is 364 g/mol. The standard InChI is InChI=1S/C20H22N2O4S/c1-2-25-19(24)13-12-18(23)22-20(27)21-16-8-10-17(11-9-16)26-14-15-6-4-3-5-7-15/h3-11H,2,12-14H2,1H3,(H2,21,22,23,27). The number of nitrogens with one attached hydrogen (secondary N) is 2. The van der Waals surface area contributed by atoms with E-state index in [1.807, 2.05) is 42.5 Å². The summed E-state index contributed by atoms with van der Waals surface area (Å²) in [5.74, 6) is -0.0187. The van der Waals surface area contributed by atoms with E-state index in [1.54, 1.807) is 19.1 Å². The fraction of sp³-hybridized carbons (Fsp3) is 0.250. The van der Waals surface area contributed by atoms with Gasteiger partial charge in [0.15, 0.2) is 5.11 Å². The molecule has 0 fully saturated rings. The summed E-state index contributed by atoms with van der Waals surface area (Å²) in [6.45, 7) is 2.50. The number of ether oxygens (including phenoxy) is 2. The molecule has 0 unspecified atom stereocenters. The normalized spacial score (nSPS) is 9.96. The van der Waals surface area contributed by atoms with Gasteiger partial charge < -0.3 is 20.1 Å². The summed E-state index contributed by atoms with van der Waals surface area (Å²) >= 11 is 5.10. The van der Waals surface area contributed by atoms with Crippen molar-refractivity contribution < 1.29 is 19.1 Å². The first-order valence-electron chi connectivity index (χ1n) is 8.60. The molecule has 6 nitrogen and oxygen atoms in total. The molecule has 1 amide bonds. The van der Waals surface area contributed by atoms with Gasteiger partial charge in [-0.1, -0.05) is 30.3 Å². The number of hydrogen-bond acceptors (Lipinski definition) is 5. The summed E-state index contributed by atoms with van der Waals surface area (Å²) in [5.41, 5.74) is 1.81. The number of esters is 1. The molecular formula is C20H22N2O4S. The Kier molecular flexibility index (Phi) is 8.25. The fourth-order valence-electron chi connectivity index (χ4n) is 2.18. The Labute approximate surface area is 163 Å². The molecule has 0 bridgehead atoms. The van der Waals surface area contributed by atoms with Crippen molar-refractivity contribution in [1.29, 1.82) is 0 Å². The second-order valence-electron chi connectivity index (χ2n) is 5.61. The SMILES string of the molecule is CCOC(=O)CCC(=O)NC(=S)Nc1ccc(OCc2ccccc2)cc1. The number of hydrogen-bond donors (Lipinski definition) is 2. The van der Waals surface area contributed by atoms with Gasteiger partial charge in [-0.05, 0) is 49.0 Å². The second-order valence-corrected chi connectivity index (χ2v) is 6.01. The number of benzene rings is 2. The van der Waals surface area contributed by atoms with Crippen LogP contribution in [-0.4, -0.2) is 23.6 Å². The van der Waals surface area contributed by atoms with Gasteiger partial charge in [-0.25, -0.2) is 0 Å². The Balaban J connectivity index is 1.74. The lowest BCUT2D eigenvalue weighted by atomic mass is 10.2. The minimum atomic E-state index is -0.405. The number of thiocarbonyl (C=S) groups is 1. The third-order valence-corrected chi connectivity index (χ3v) is 3.68. The summed E-state index contributed by atoms with van der Waals surface area (Å²) in [6, 6.07) is 17.1. The van der Waals surface area contributed by atoms with Crippen LogP contribution in [0.4, 0.5) is 5.69 Å². The molecule has 0 aromatic heterocycles. The zero-order valence-corrected chi connectivity index (χ0v) is 15.9. The molecule has 0 atom stereocenters. The van der Waals surface area contributed by atoms with Crippen molar-refractivity contribution in [2.75, 3.05) is 11.9 Å². The minimum Gasteiger partial charge on any atom is -0.489 e. The van der Waals surface area contributed by atoms with Crippen LogP contribution in [0.1, 0.15) is 25.3 Å². The van der Waals surface area contributed by atoms with Crippen LogP contribution in [0.15, 0.2) is 54.6 Å². The van der Waals surface area contributed by atoms with Crippen molar-refractivity contribution in [3.05, 3.63) is 60.2 Å². The molecule has 0 radical (unpaired) electrons. The van der Waals surface area contributed by atoms with Gasteiger partial charge in [0.05, 0.1) is 13.0 Å². The Morgan fingerprint density at radius 2 is 1.70 bits per heavy atom. The van der Waals surface area contributed by atoms with Crippen LogP contribution in [0.5, 0.6) is 5.75 Å². The Hall–Kier alpha value is -2.93. The van der Waals surface area contributed by atoms with E-state index in [0.29, 0.717) is 13.2 Å². The minimum absolute atomic E-state index is 0.0208. The van der Waals surface area contributed by atoms with Crippen molar-refractivity contribution in [2.45, 2.75) is 26.4 Å². The molecule has 0 aliphatic heterocycles. The molecule has 2 aromatic carbocycles. The third kappa shape index (κ3) is 7.87. The number of rotatable bonds is 8. The molecule has 2 rings (SSSR count). The van der Waals surface area contributed by atoms with Gasteiger partial charge in [0.2, 0.25) is 5.91 Å². The van der Waals surface area contributed by atoms with Gasteiger partial charge in [0.1, 0.15) is 12.4 Å². The number of anilines is 1. The van der Waals surface area contributed by atoms with Crippen molar-refractivity contribution in [1.82, 2.24) is 5.32 Å². The zero-order chi connectivity index (χ0) is 19.5. The van der Waals surface area contributed by atoms with E-state index in [9.17, 15) is 9.59 Å². The molecule has 7 heteroatoms. The summed E-state index contributed by atoms with van der Waals surface area (Å²) in [6.07, 6.45) is 0.0443. The Morgan fingerprint density at radius 1 is 1.00 bits per heavy atom. The van der Waals surface area contributed by atoms with Crippen LogP contribution in [0, 0.1) is 0 Å². The average molecular weight is 386 g/mol. The maximum Gasteiger partial charge on any atom is 0.306 e. The lowest BCUT2D eigenvalue weighted by Gasteiger charge is -2.11. The zero-order valence-electron chi connectivity index (χ0n) is 15.1. The fourth-order valence-corrected chi connectivity index (χ4v) is 2.41. The summed E-state index contributed by atoms with van der Waals surface area (Å²) in [4.78, 5) is 23.0. The number of carbonyl (C=O) groups is 2. The lowest BCUT2D eigenvalue weighted by molar-refractivity contribution is -0.144. The van der Waals surface area contributed by atoms with Crippen LogP contribution in [0.25, 0.3) is 0 Å². The van der Waals surface area contributed by atoms with Crippen LogP contribution in [0.3, 0.4) is 0 Å². The molecule has 142 valence electrons. The van der Waals surface area contributed by atoms with Crippen LogP contribution in [0.2, 0.25) is 0 Å². The number of carbonyl (C=O) groups excluding carboxylic acids is 2. The Bertz CT molecular complexity index is 763. The first kappa shape index (κ1) is 20.4. The van der Waals surface area contributed by atoms with E-state index < -0.39 is 5.97 Å². The highest BCUT2D eigenvalue weighted by atomic mass is 32.1. The quantitative estimate of drug-likeness (QED) is 0.535. The predicted molar refractivity (Wildman–Crippen MR) is 107 cm³/mol. The topological polar surface area (TPSA) is 76.7 Å². The highest BCUT2D eigenvalue weighted by Gasteiger charge is 2.09. The molecule has 2 N–H and O–H groups in total. The van der Waals surface area contributed by atoms with Crippen molar-refractivity contribution in [3.63, 3.8) is 0 Å². The molecule has 0 saturated heterocycles.